The number of non-ortho nitro benzene ring substituents is 1. The number of nitro groups is 1. The van der Waals surface area contributed by atoms with Crippen LogP contribution >= 0.6 is 0 Å². The van der Waals surface area contributed by atoms with Gasteiger partial charge in [0.2, 0.25) is 0 Å². The first-order chi connectivity index (χ1) is 9.59. The molecule has 0 spiro atoms. The molecule has 0 aliphatic carbocycles. The second-order valence-corrected chi connectivity index (χ2v) is 3.82. The fourth-order valence-electron chi connectivity index (χ4n) is 1.35. The fraction of sp³-hybridized carbons (Fsp3) is 0.500. The van der Waals surface area contributed by atoms with Gasteiger partial charge in [-0.05, 0) is 12.1 Å². The monoisotopic (exact) mass is 290 g/mol. The van der Waals surface area contributed by atoms with Crippen molar-refractivity contribution in [3.05, 3.63) is 34.4 Å². The number of rotatable bonds is 10. The van der Waals surface area contributed by atoms with Gasteiger partial charge in [0, 0.05) is 25.2 Å². The molecule has 0 unspecified atom stereocenters. The number of halogens is 2. The maximum absolute atomic E-state index is 11.7. The van der Waals surface area contributed by atoms with E-state index in [1.165, 1.54) is 24.3 Å². The lowest BCUT2D eigenvalue weighted by Crippen LogP contribution is -2.25. The van der Waals surface area contributed by atoms with Crippen LogP contribution < -0.4 is 10.1 Å². The molecule has 0 radical (unpaired) electrons. The van der Waals surface area contributed by atoms with Gasteiger partial charge in [0.1, 0.15) is 19.0 Å². The lowest BCUT2D eigenvalue weighted by Gasteiger charge is -2.07. The molecular weight excluding hydrogens is 274 g/mol. The molecule has 0 fully saturated rings. The minimum absolute atomic E-state index is 0.00616. The molecule has 8 heteroatoms. The van der Waals surface area contributed by atoms with Gasteiger partial charge in [-0.25, -0.2) is 8.78 Å². The molecule has 0 amide bonds. The second kappa shape index (κ2) is 9.16. The van der Waals surface area contributed by atoms with Crippen molar-refractivity contribution in [1.82, 2.24) is 5.32 Å². The Hall–Kier alpha value is -1.80. The van der Waals surface area contributed by atoms with Gasteiger partial charge in [-0.3, -0.25) is 10.1 Å². The van der Waals surface area contributed by atoms with Gasteiger partial charge in [0.15, 0.2) is 0 Å². The summed E-state index contributed by atoms with van der Waals surface area (Å²) in [6, 6.07) is 5.76. The third-order valence-electron chi connectivity index (χ3n) is 2.26. The summed E-state index contributed by atoms with van der Waals surface area (Å²) in [5, 5.41) is 13.4. The molecule has 0 saturated carbocycles. The molecule has 0 bridgehead atoms. The van der Waals surface area contributed by atoms with Crippen LogP contribution in [0.2, 0.25) is 0 Å². The molecule has 0 aliphatic heterocycles. The average molecular weight is 290 g/mol. The zero-order chi connectivity index (χ0) is 14.8. The molecule has 112 valence electrons. The van der Waals surface area contributed by atoms with Crippen LogP contribution in [0.25, 0.3) is 0 Å². The van der Waals surface area contributed by atoms with Crippen molar-refractivity contribution in [2.24, 2.45) is 0 Å². The number of alkyl halides is 2. The zero-order valence-corrected chi connectivity index (χ0v) is 10.8. The maximum atomic E-state index is 11.7. The summed E-state index contributed by atoms with van der Waals surface area (Å²) < 4.78 is 33.5. The highest BCUT2D eigenvalue weighted by Gasteiger charge is 2.04. The van der Waals surface area contributed by atoms with Crippen LogP contribution in [0.3, 0.4) is 0 Å². The van der Waals surface area contributed by atoms with E-state index in [1.54, 1.807) is 0 Å². The van der Waals surface area contributed by atoms with Crippen molar-refractivity contribution in [2.45, 2.75) is 6.43 Å². The van der Waals surface area contributed by atoms with Crippen molar-refractivity contribution >= 4 is 5.69 Å². The first-order valence-electron chi connectivity index (χ1n) is 6.03. The quantitative estimate of drug-likeness (QED) is 0.404. The van der Waals surface area contributed by atoms with Gasteiger partial charge >= 0.3 is 0 Å². The van der Waals surface area contributed by atoms with E-state index in [2.05, 4.69) is 10.1 Å². The minimum atomic E-state index is -2.44. The maximum Gasteiger partial charge on any atom is 0.269 e. The van der Waals surface area contributed by atoms with Crippen molar-refractivity contribution in [2.75, 3.05) is 32.9 Å². The number of hydrogen-bond donors (Lipinski definition) is 1. The Morgan fingerprint density at radius 1 is 1.20 bits per heavy atom. The van der Waals surface area contributed by atoms with Crippen molar-refractivity contribution in [1.29, 1.82) is 0 Å². The number of hydrogen-bond acceptors (Lipinski definition) is 5. The normalized spacial score (nSPS) is 10.8. The SMILES string of the molecule is O=[N+]([O-])c1ccc(OCCNCCOCC(F)F)cc1. The second-order valence-electron chi connectivity index (χ2n) is 3.82. The summed E-state index contributed by atoms with van der Waals surface area (Å²) in [5.74, 6) is 0.534. The highest BCUT2D eigenvalue weighted by molar-refractivity contribution is 5.35. The molecule has 0 heterocycles. The Morgan fingerprint density at radius 2 is 1.85 bits per heavy atom. The van der Waals surface area contributed by atoms with Gasteiger partial charge < -0.3 is 14.8 Å². The van der Waals surface area contributed by atoms with Gasteiger partial charge in [-0.1, -0.05) is 0 Å². The molecule has 6 nitrogen and oxygen atoms in total. The van der Waals surface area contributed by atoms with E-state index in [0.29, 0.717) is 25.4 Å². The van der Waals surface area contributed by atoms with Gasteiger partial charge in [0.25, 0.3) is 12.1 Å². The van der Waals surface area contributed by atoms with Crippen molar-refractivity contribution in [3.8, 4) is 5.75 Å². The molecule has 0 aromatic heterocycles. The molecule has 20 heavy (non-hydrogen) atoms. The predicted molar refractivity (Wildman–Crippen MR) is 68.3 cm³/mol. The molecule has 0 saturated heterocycles. The van der Waals surface area contributed by atoms with E-state index in [4.69, 9.17) is 4.74 Å². The van der Waals surface area contributed by atoms with E-state index in [0.717, 1.165) is 0 Å². The highest BCUT2D eigenvalue weighted by atomic mass is 19.3. The Labute approximate surface area is 114 Å². The van der Waals surface area contributed by atoms with Crippen LogP contribution in [-0.4, -0.2) is 44.3 Å². The first kappa shape index (κ1) is 16.3. The Morgan fingerprint density at radius 3 is 2.45 bits per heavy atom. The van der Waals surface area contributed by atoms with Crippen LogP contribution in [0.4, 0.5) is 14.5 Å². The van der Waals surface area contributed by atoms with E-state index in [-0.39, 0.29) is 12.3 Å². The molecule has 0 atom stereocenters. The summed E-state index contributed by atoms with van der Waals surface area (Å²) in [7, 11) is 0. The smallest absolute Gasteiger partial charge is 0.269 e. The van der Waals surface area contributed by atoms with E-state index >= 15 is 0 Å². The molecule has 1 aromatic rings. The number of nitrogens with zero attached hydrogens (tertiary/aromatic N) is 1. The van der Waals surface area contributed by atoms with Gasteiger partial charge in [0.05, 0.1) is 11.5 Å². The predicted octanol–water partition coefficient (Wildman–Crippen LogP) is 1.84. The molecular formula is C12H16F2N2O4. The van der Waals surface area contributed by atoms with E-state index in [9.17, 15) is 18.9 Å². The number of nitrogens with one attached hydrogen (secondary N) is 1. The Kier molecular flexibility index (Phi) is 7.44. The molecule has 1 aromatic carbocycles. The third-order valence-corrected chi connectivity index (χ3v) is 2.26. The standard InChI is InChI=1S/C12H16F2N2O4/c13-12(14)9-19-7-5-15-6-8-20-11-3-1-10(2-4-11)16(17)18/h1-4,12,15H,5-9H2. The third kappa shape index (κ3) is 6.95. The van der Waals surface area contributed by atoms with Crippen LogP contribution in [0.1, 0.15) is 0 Å². The van der Waals surface area contributed by atoms with Crippen LogP contribution in [-0.2, 0) is 4.74 Å². The van der Waals surface area contributed by atoms with Crippen LogP contribution in [0.5, 0.6) is 5.75 Å². The van der Waals surface area contributed by atoms with E-state index in [1.807, 2.05) is 0 Å². The average Bonchev–Trinajstić information content (AvgIpc) is 2.42. The molecule has 1 rings (SSSR count). The molecule has 0 aliphatic rings. The Balaban J connectivity index is 2.05. The zero-order valence-electron chi connectivity index (χ0n) is 10.8. The van der Waals surface area contributed by atoms with Gasteiger partial charge in [-0.15, -0.1) is 0 Å². The summed E-state index contributed by atoms with van der Waals surface area (Å²) in [6.45, 7) is 1.00. The van der Waals surface area contributed by atoms with Crippen LogP contribution in [0.15, 0.2) is 24.3 Å². The summed E-state index contributed by atoms with van der Waals surface area (Å²) in [6.07, 6.45) is -2.44. The molecule has 1 N–H and O–H groups in total. The highest BCUT2D eigenvalue weighted by Crippen LogP contribution is 2.16. The Bertz CT molecular complexity index is 401. The van der Waals surface area contributed by atoms with Crippen molar-refractivity contribution in [3.63, 3.8) is 0 Å². The lowest BCUT2D eigenvalue weighted by atomic mass is 10.3. The number of nitro benzene ring substituents is 1. The summed E-state index contributed by atoms with van der Waals surface area (Å²) in [4.78, 5) is 9.95. The summed E-state index contributed by atoms with van der Waals surface area (Å²) in [5.41, 5.74) is 0.00616. The number of benzene rings is 1. The fourth-order valence-corrected chi connectivity index (χ4v) is 1.35. The minimum Gasteiger partial charge on any atom is -0.492 e. The van der Waals surface area contributed by atoms with E-state index < -0.39 is 18.0 Å². The first-order valence-corrected chi connectivity index (χ1v) is 6.03. The summed E-state index contributed by atoms with van der Waals surface area (Å²) >= 11 is 0. The largest absolute Gasteiger partial charge is 0.492 e. The topological polar surface area (TPSA) is 73.6 Å². The van der Waals surface area contributed by atoms with Gasteiger partial charge in [-0.2, -0.15) is 0 Å². The van der Waals surface area contributed by atoms with Crippen molar-refractivity contribution < 1.29 is 23.2 Å². The number of ether oxygens (including phenoxy) is 2. The lowest BCUT2D eigenvalue weighted by molar-refractivity contribution is -0.384. The van der Waals surface area contributed by atoms with Crippen LogP contribution in [0, 0.1) is 10.1 Å².